The SMILES string of the molecule is COc1cc(C(=O)OCc2nc(N)nc(Nc3ccccc3C)n2)ccc1OC(C)C. The molecule has 0 bridgehead atoms. The number of aryl methyl sites for hydroxylation is 1. The zero-order valence-electron chi connectivity index (χ0n) is 17.9. The number of ether oxygens (including phenoxy) is 3. The molecule has 1 heterocycles. The van der Waals surface area contributed by atoms with Gasteiger partial charge < -0.3 is 25.3 Å². The summed E-state index contributed by atoms with van der Waals surface area (Å²) in [6, 6.07) is 12.5. The molecule has 1 aromatic heterocycles. The Kier molecular flexibility index (Phi) is 6.86. The molecule has 0 aliphatic rings. The van der Waals surface area contributed by atoms with Gasteiger partial charge in [0.1, 0.15) is 0 Å². The first-order valence-corrected chi connectivity index (χ1v) is 9.70. The number of carbonyl (C=O) groups is 1. The number of aromatic nitrogens is 3. The van der Waals surface area contributed by atoms with Crippen molar-refractivity contribution in [2.24, 2.45) is 0 Å². The highest BCUT2D eigenvalue weighted by Gasteiger charge is 2.15. The molecule has 0 fully saturated rings. The second kappa shape index (κ2) is 9.75. The van der Waals surface area contributed by atoms with Crippen molar-refractivity contribution in [3.05, 3.63) is 59.4 Å². The lowest BCUT2D eigenvalue weighted by molar-refractivity contribution is 0.0461. The lowest BCUT2D eigenvalue weighted by atomic mass is 10.2. The Morgan fingerprint density at radius 2 is 1.87 bits per heavy atom. The first-order valence-electron chi connectivity index (χ1n) is 9.70. The average molecular weight is 423 g/mol. The van der Waals surface area contributed by atoms with Crippen LogP contribution >= 0.6 is 0 Å². The fraction of sp³-hybridized carbons (Fsp3) is 0.273. The van der Waals surface area contributed by atoms with E-state index >= 15 is 0 Å². The number of methoxy groups -OCH3 is 1. The molecule has 0 radical (unpaired) electrons. The van der Waals surface area contributed by atoms with Gasteiger partial charge in [-0.1, -0.05) is 18.2 Å². The van der Waals surface area contributed by atoms with Crippen LogP contribution in [0.4, 0.5) is 17.6 Å². The van der Waals surface area contributed by atoms with Crippen LogP contribution in [0.2, 0.25) is 0 Å². The summed E-state index contributed by atoms with van der Waals surface area (Å²) in [5.41, 5.74) is 7.96. The van der Waals surface area contributed by atoms with Crippen LogP contribution in [0.15, 0.2) is 42.5 Å². The number of hydrogen-bond donors (Lipinski definition) is 2. The lowest BCUT2D eigenvalue weighted by Crippen LogP contribution is -2.12. The summed E-state index contributed by atoms with van der Waals surface area (Å²) < 4.78 is 16.3. The predicted molar refractivity (Wildman–Crippen MR) is 117 cm³/mol. The van der Waals surface area contributed by atoms with Crippen LogP contribution in [-0.2, 0) is 11.3 Å². The number of nitrogens with one attached hydrogen (secondary N) is 1. The minimum atomic E-state index is -0.554. The zero-order chi connectivity index (χ0) is 22.4. The highest BCUT2D eigenvalue weighted by atomic mass is 16.5. The third-order valence-electron chi connectivity index (χ3n) is 4.18. The number of rotatable bonds is 8. The fourth-order valence-corrected chi connectivity index (χ4v) is 2.75. The van der Waals surface area contributed by atoms with Gasteiger partial charge in [-0.2, -0.15) is 15.0 Å². The van der Waals surface area contributed by atoms with Crippen molar-refractivity contribution < 1.29 is 19.0 Å². The van der Waals surface area contributed by atoms with Crippen molar-refractivity contribution in [1.29, 1.82) is 0 Å². The number of nitrogens with two attached hydrogens (primary N) is 1. The second-order valence-corrected chi connectivity index (χ2v) is 6.98. The summed E-state index contributed by atoms with van der Waals surface area (Å²) in [6.07, 6.45) is -0.0246. The van der Waals surface area contributed by atoms with Gasteiger partial charge in [-0.15, -0.1) is 0 Å². The number of para-hydroxylation sites is 1. The molecular formula is C22H25N5O4. The molecule has 0 spiro atoms. The summed E-state index contributed by atoms with van der Waals surface area (Å²) >= 11 is 0. The standard InChI is InChI=1S/C22H25N5O4/c1-13(2)31-17-10-9-15(11-18(17)29-4)20(28)30-12-19-25-21(23)27-22(26-19)24-16-8-6-5-7-14(16)3/h5-11,13H,12H2,1-4H3,(H3,23,24,25,26,27). The maximum absolute atomic E-state index is 12.5. The van der Waals surface area contributed by atoms with Crippen molar-refractivity contribution >= 4 is 23.6 Å². The molecule has 9 nitrogen and oxygen atoms in total. The molecule has 0 aliphatic heterocycles. The molecule has 0 atom stereocenters. The van der Waals surface area contributed by atoms with E-state index in [1.807, 2.05) is 45.0 Å². The Morgan fingerprint density at radius 1 is 1.10 bits per heavy atom. The monoisotopic (exact) mass is 423 g/mol. The number of hydrogen-bond acceptors (Lipinski definition) is 9. The molecule has 162 valence electrons. The van der Waals surface area contributed by atoms with Crippen LogP contribution in [0.3, 0.4) is 0 Å². The maximum Gasteiger partial charge on any atom is 0.338 e. The maximum atomic E-state index is 12.5. The molecule has 3 N–H and O–H groups in total. The van der Waals surface area contributed by atoms with E-state index in [1.54, 1.807) is 18.2 Å². The molecule has 3 rings (SSSR count). The molecule has 0 saturated heterocycles. The van der Waals surface area contributed by atoms with E-state index in [1.165, 1.54) is 7.11 Å². The fourth-order valence-electron chi connectivity index (χ4n) is 2.75. The van der Waals surface area contributed by atoms with Crippen LogP contribution in [0.5, 0.6) is 11.5 Å². The molecule has 31 heavy (non-hydrogen) atoms. The number of carbonyl (C=O) groups excluding carboxylic acids is 1. The van der Waals surface area contributed by atoms with Crippen molar-refractivity contribution in [1.82, 2.24) is 15.0 Å². The molecule has 0 unspecified atom stereocenters. The third-order valence-corrected chi connectivity index (χ3v) is 4.18. The first-order chi connectivity index (χ1) is 14.9. The van der Waals surface area contributed by atoms with Crippen LogP contribution in [0.25, 0.3) is 0 Å². The van der Waals surface area contributed by atoms with Gasteiger partial charge in [-0.25, -0.2) is 4.79 Å². The van der Waals surface area contributed by atoms with E-state index in [2.05, 4.69) is 20.3 Å². The number of nitrogen functional groups attached to an aromatic ring is 1. The highest BCUT2D eigenvalue weighted by molar-refractivity contribution is 5.90. The molecular weight excluding hydrogens is 398 g/mol. The molecule has 3 aromatic rings. The largest absolute Gasteiger partial charge is 0.493 e. The van der Waals surface area contributed by atoms with Crippen molar-refractivity contribution in [2.75, 3.05) is 18.2 Å². The third kappa shape index (κ3) is 5.81. The molecule has 0 aliphatic carbocycles. The van der Waals surface area contributed by atoms with Crippen LogP contribution in [0, 0.1) is 6.92 Å². The van der Waals surface area contributed by atoms with Gasteiger partial charge in [-0.3, -0.25) is 0 Å². The van der Waals surface area contributed by atoms with Crippen molar-refractivity contribution in [3.63, 3.8) is 0 Å². The van der Waals surface area contributed by atoms with Gasteiger partial charge in [0.15, 0.2) is 23.9 Å². The smallest absolute Gasteiger partial charge is 0.338 e. The summed E-state index contributed by atoms with van der Waals surface area (Å²) in [6.45, 7) is 5.61. The number of anilines is 3. The highest BCUT2D eigenvalue weighted by Crippen LogP contribution is 2.29. The Labute approximate surface area is 180 Å². The summed E-state index contributed by atoms with van der Waals surface area (Å²) in [5.74, 6) is 0.952. The first kappa shape index (κ1) is 21.8. The normalized spacial score (nSPS) is 10.6. The van der Waals surface area contributed by atoms with Crippen LogP contribution < -0.4 is 20.5 Å². The van der Waals surface area contributed by atoms with E-state index in [9.17, 15) is 4.79 Å². The molecule has 0 amide bonds. The number of benzene rings is 2. The van der Waals surface area contributed by atoms with Crippen LogP contribution in [-0.4, -0.2) is 34.1 Å². The van der Waals surface area contributed by atoms with E-state index in [0.717, 1.165) is 11.3 Å². The van der Waals surface area contributed by atoms with Gasteiger partial charge in [0.2, 0.25) is 11.9 Å². The second-order valence-electron chi connectivity index (χ2n) is 6.98. The van der Waals surface area contributed by atoms with Crippen molar-refractivity contribution in [3.8, 4) is 11.5 Å². The Morgan fingerprint density at radius 3 is 2.58 bits per heavy atom. The summed E-state index contributed by atoms with van der Waals surface area (Å²) in [7, 11) is 1.51. The summed E-state index contributed by atoms with van der Waals surface area (Å²) in [5, 5.41) is 3.10. The van der Waals surface area contributed by atoms with E-state index < -0.39 is 5.97 Å². The van der Waals surface area contributed by atoms with E-state index in [-0.39, 0.29) is 30.4 Å². The Bertz CT molecular complexity index is 1070. The van der Waals surface area contributed by atoms with Crippen molar-refractivity contribution in [2.45, 2.75) is 33.5 Å². The van der Waals surface area contributed by atoms with Gasteiger partial charge in [0, 0.05) is 5.69 Å². The van der Waals surface area contributed by atoms with Gasteiger partial charge in [0.05, 0.1) is 18.8 Å². The minimum Gasteiger partial charge on any atom is -0.493 e. The molecule has 0 saturated carbocycles. The van der Waals surface area contributed by atoms with Gasteiger partial charge in [0.25, 0.3) is 0 Å². The zero-order valence-corrected chi connectivity index (χ0v) is 17.9. The van der Waals surface area contributed by atoms with E-state index in [0.29, 0.717) is 17.1 Å². The number of nitrogens with zero attached hydrogens (tertiary/aromatic N) is 3. The van der Waals surface area contributed by atoms with Gasteiger partial charge in [-0.05, 0) is 50.6 Å². The summed E-state index contributed by atoms with van der Waals surface area (Å²) in [4.78, 5) is 24.9. The molecule has 9 heteroatoms. The predicted octanol–water partition coefficient (Wildman–Crippen LogP) is 3.66. The van der Waals surface area contributed by atoms with Crippen LogP contribution in [0.1, 0.15) is 35.6 Å². The topological polar surface area (TPSA) is 121 Å². The lowest BCUT2D eigenvalue weighted by Gasteiger charge is -2.14. The van der Waals surface area contributed by atoms with Gasteiger partial charge >= 0.3 is 5.97 Å². The average Bonchev–Trinajstić information content (AvgIpc) is 2.73. The number of esters is 1. The quantitative estimate of drug-likeness (QED) is 0.523. The minimum absolute atomic E-state index is 0.0222. The Hall–Kier alpha value is -3.88. The Balaban J connectivity index is 1.70. The molecule has 2 aromatic carbocycles. The van der Waals surface area contributed by atoms with E-state index in [4.69, 9.17) is 19.9 Å².